The molecule has 0 N–H and O–H groups in total. The predicted octanol–water partition coefficient (Wildman–Crippen LogP) is -0.685. The summed E-state index contributed by atoms with van der Waals surface area (Å²) in [6, 6.07) is 0. The molecule has 0 aliphatic carbocycles. The fraction of sp³-hybridized carbons (Fsp3) is 0.333. The molecule has 5 heteroatoms. The van der Waals surface area contributed by atoms with Crippen molar-refractivity contribution in [3.8, 4) is 0 Å². The van der Waals surface area contributed by atoms with Crippen LogP contribution in [0.4, 0.5) is 0 Å². The number of rotatable bonds is 1. The first-order chi connectivity index (χ1) is 3.18. The molecule has 0 fully saturated rings. The van der Waals surface area contributed by atoms with E-state index in [1.807, 2.05) is 0 Å². The summed E-state index contributed by atoms with van der Waals surface area (Å²) in [6.45, 7) is 1.11. The molecular formula is C3H5NaO3S. The molecule has 0 bridgehead atoms. The third-order valence-corrected chi connectivity index (χ3v) is 0.536. The van der Waals surface area contributed by atoms with E-state index in [0.717, 1.165) is 6.92 Å². The van der Waals surface area contributed by atoms with E-state index in [2.05, 4.69) is 17.1 Å². The molecule has 0 aliphatic heterocycles. The van der Waals surface area contributed by atoms with Gasteiger partial charge in [-0.05, 0) is 0 Å². The SMILES string of the molecule is CC(=O)C(=O)OS.[NaH]. The van der Waals surface area contributed by atoms with Crippen molar-refractivity contribution in [1.82, 2.24) is 0 Å². The average molecular weight is 144 g/mol. The molecule has 0 amide bonds. The van der Waals surface area contributed by atoms with Crippen LogP contribution in [0.1, 0.15) is 6.92 Å². The number of ketones is 1. The van der Waals surface area contributed by atoms with Crippen molar-refractivity contribution in [3.63, 3.8) is 0 Å². The van der Waals surface area contributed by atoms with Crippen molar-refractivity contribution in [2.45, 2.75) is 6.92 Å². The molecule has 0 spiro atoms. The molecule has 8 heavy (non-hydrogen) atoms. The monoisotopic (exact) mass is 144 g/mol. The Bertz CT molecular complexity index is 103. The van der Waals surface area contributed by atoms with Crippen LogP contribution in [0.3, 0.4) is 0 Å². The average Bonchev–Trinajstić information content (AvgIpc) is 1.65. The first-order valence-electron chi connectivity index (χ1n) is 1.54. The molecule has 42 valence electrons. The zero-order valence-electron chi connectivity index (χ0n) is 3.67. The van der Waals surface area contributed by atoms with Gasteiger partial charge in [-0.15, -0.1) is 0 Å². The van der Waals surface area contributed by atoms with Crippen LogP contribution < -0.4 is 0 Å². The summed E-state index contributed by atoms with van der Waals surface area (Å²) in [5.74, 6) is -1.57. The molecule has 0 saturated carbocycles. The minimum atomic E-state index is -0.927. The third kappa shape index (κ3) is 4.64. The first kappa shape index (κ1) is 11.3. The quantitative estimate of drug-likeness (QED) is 0.229. The van der Waals surface area contributed by atoms with Gasteiger partial charge in [0.15, 0.2) is 0 Å². The van der Waals surface area contributed by atoms with Gasteiger partial charge in [0.05, 0.1) is 0 Å². The topological polar surface area (TPSA) is 43.4 Å². The maximum absolute atomic E-state index is 9.86. The van der Waals surface area contributed by atoms with Gasteiger partial charge in [0.25, 0.3) is 0 Å². The number of hydrogen-bond donors (Lipinski definition) is 1. The molecule has 0 atom stereocenters. The van der Waals surface area contributed by atoms with E-state index >= 15 is 0 Å². The molecule has 0 aromatic heterocycles. The van der Waals surface area contributed by atoms with E-state index in [1.165, 1.54) is 0 Å². The zero-order chi connectivity index (χ0) is 5.86. The van der Waals surface area contributed by atoms with E-state index < -0.39 is 11.8 Å². The number of carbonyl (C=O) groups excluding carboxylic acids is 2. The molecule has 0 radical (unpaired) electrons. The van der Waals surface area contributed by atoms with Gasteiger partial charge in [-0.25, -0.2) is 4.79 Å². The summed E-state index contributed by atoms with van der Waals surface area (Å²) >= 11 is 3.08. The molecule has 0 heterocycles. The molecular weight excluding hydrogens is 139 g/mol. The van der Waals surface area contributed by atoms with Crippen molar-refractivity contribution < 1.29 is 13.8 Å². The van der Waals surface area contributed by atoms with Crippen LogP contribution in [0.5, 0.6) is 0 Å². The van der Waals surface area contributed by atoms with Crippen LogP contribution in [-0.2, 0) is 13.8 Å². The zero-order valence-corrected chi connectivity index (χ0v) is 4.57. The van der Waals surface area contributed by atoms with E-state index in [1.54, 1.807) is 0 Å². The van der Waals surface area contributed by atoms with Crippen LogP contribution in [0, 0.1) is 0 Å². The van der Waals surface area contributed by atoms with Crippen molar-refractivity contribution >= 4 is 54.2 Å². The summed E-state index contributed by atoms with van der Waals surface area (Å²) in [5.41, 5.74) is 0. The van der Waals surface area contributed by atoms with Crippen molar-refractivity contribution in [2.24, 2.45) is 0 Å². The van der Waals surface area contributed by atoms with Gasteiger partial charge in [-0.2, -0.15) is 0 Å². The number of thiol groups is 1. The van der Waals surface area contributed by atoms with Crippen LogP contribution in [0.2, 0.25) is 0 Å². The summed E-state index contributed by atoms with van der Waals surface area (Å²) in [4.78, 5) is 19.7. The standard InChI is InChI=1S/C3H4O3S.Na.H/c1-2(4)3(5)6-7;;/h7H,1H3;;. The summed E-state index contributed by atoms with van der Waals surface area (Å²) < 4.78 is 3.72. The summed E-state index contributed by atoms with van der Waals surface area (Å²) in [5, 5.41) is 0. The van der Waals surface area contributed by atoms with Gasteiger partial charge in [0.2, 0.25) is 5.78 Å². The van der Waals surface area contributed by atoms with E-state index in [0.29, 0.717) is 0 Å². The van der Waals surface area contributed by atoms with E-state index in [9.17, 15) is 9.59 Å². The molecule has 0 unspecified atom stereocenters. The predicted molar refractivity (Wildman–Crippen MR) is 32.9 cm³/mol. The Morgan fingerprint density at radius 2 is 1.88 bits per heavy atom. The molecule has 3 nitrogen and oxygen atoms in total. The maximum atomic E-state index is 9.86. The fourth-order valence-corrected chi connectivity index (χ4v) is 0.193. The van der Waals surface area contributed by atoms with Gasteiger partial charge in [0, 0.05) is 19.8 Å². The second-order valence-corrected chi connectivity index (χ2v) is 1.12. The summed E-state index contributed by atoms with van der Waals surface area (Å²) in [6.07, 6.45) is 0. The molecule has 0 aromatic carbocycles. The number of Topliss-reactive ketones (excluding diaryl/α,β-unsaturated/α-hetero) is 1. The number of carbonyl (C=O) groups is 2. The molecule has 0 rings (SSSR count). The van der Waals surface area contributed by atoms with Gasteiger partial charge < -0.3 is 4.18 Å². The van der Waals surface area contributed by atoms with E-state index in [-0.39, 0.29) is 29.6 Å². The third-order valence-electron chi connectivity index (χ3n) is 0.370. The Kier molecular flexibility index (Phi) is 7.95. The van der Waals surface area contributed by atoms with Gasteiger partial charge in [0.1, 0.15) is 0 Å². The second-order valence-electron chi connectivity index (χ2n) is 0.935. The first-order valence-corrected chi connectivity index (χ1v) is 1.91. The Balaban J connectivity index is 0. The summed E-state index contributed by atoms with van der Waals surface area (Å²) in [7, 11) is 0. The molecule has 0 saturated heterocycles. The Hall–Kier alpha value is 0.490. The van der Waals surface area contributed by atoms with Crippen molar-refractivity contribution in [3.05, 3.63) is 0 Å². The van der Waals surface area contributed by atoms with Crippen LogP contribution in [0.15, 0.2) is 0 Å². The normalized spacial score (nSPS) is 6.75. The van der Waals surface area contributed by atoms with Crippen molar-refractivity contribution in [2.75, 3.05) is 0 Å². The van der Waals surface area contributed by atoms with Gasteiger partial charge >= 0.3 is 35.5 Å². The minimum absolute atomic E-state index is 0. The second kappa shape index (κ2) is 5.62. The Morgan fingerprint density at radius 3 is 1.88 bits per heavy atom. The Morgan fingerprint density at radius 1 is 1.50 bits per heavy atom. The van der Waals surface area contributed by atoms with Gasteiger partial charge in [-0.1, -0.05) is 0 Å². The van der Waals surface area contributed by atoms with Crippen LogP contribution in [-0.4, -0.2) is 41.3 Å². The van der Waals surface area contributed by atoms with Crippen molar-refractivity contribution in [1.29, 1.82) is 0 Å². The fourth-order valence-electron chi connectivity index (χ4n) is 0.0643. The molecule has 0 aromatic rings. The Labute approximate surface area is 74.7 Å². The van der Waals surface area contributed by atoms with Crippen LogP contribution in [0.25, 0.3) is 0 Å². The van der Waals surface area contributed by atoms with E-state index in [4.69, 9.17) is 0 Å². The number of hydrogen-bond acceptors (Lipinski definition) is 4. The molecule has 0 aliphatic rings. The van der Waals surface area contributed by atoms with Gasteiger partial charge in [-0.3, -0.25) is 4.79 Å². The van der Waals surface area contributed by atoms with Crippen LogP contribution >= 0.6 is 12.9 Å².